The van der Waals surface area contributed by atoms with E-state index < -0.39 is 60.5 Å². The highest BCUT2D eigenvalue weighted by Gasteiger charge is 2.48. The molecule has 1 fully saturated rings. The Morgan fingerprint density at radius 1 is 1.05 bits per heavy atom. The standard InChI is InChI=1S/C19H25N6O14P3/c20-17-15-18(22-8-21-17)25(9-23-15)19-16(28)14(24-13(27)6-3-10-1-4-11(26)5-2-10)12(37-19)7-36-41(32,33)39-42(34,35)38-40(29,30)31/h1-2,4-5,8-9,12,14,16,19,26,28H,3,6-7H2,(H,24,27)(H,32,33)(H,34,35)(H2,20,21,22)(H2,29,30,31)/t12-,14?,16?,19-/m1/s1. The Bertz CT molecular complexity index is 1580. The number of rotatable bonds is 12. The van der Waals surface area contributed by atoms with Gasteiger partial charge in [-0.1, -0.05) is 12.1 Å². The number of carbonyl (C=O) groups excluding carboxylic acids is 1. The molecule has 42 heavy (non-hydrogen) atoms. The summed E-state index contributed by atoms with van der Waals surface area (Å²) in [5, 5.41) is 23.1. The topological polar surface area (TPSA) is 308 Å². The van der Waals surface area contributed by atoms with Gasteiger partial charge in [0.25, 0.3) is 0 Å². The third-order valence-corrected chi connectivity index (χ3v) is 9.56. The van der Waals surface area contributed by atoms with Crippen molar-refractivity contribution in [2.75, 3.05) is 12.3 Å². The van der Waals surface area contributed by atoms with Crippen molar-refractivity contribution >= 4 is 46.4 Å². The molecule has 4 unspecified atom stereocenters. The molecule has 3 heterocycles. The zero-order valence-electron chi connectivity index (χ0n) is 21.1. The van der Waals surface area contributed by atoms with E-state index in [0.29, 0.717) is 0 Å². The smallest absolute Gasteiger partial charge is 0.490 e. The Morgan fingerprint density at radius 3 is 2.40 bits per heavy atom. The van der Waals surface area contributed by atoms with Gasteiger partial charge in [-0.3, -0.25) is 13.9 Å². The predicted molar refractivity (Wildman–Crippen MR) is 138 cm³/mol. The van der Waals surface area contributed by atoms with Gasteiger partial charge in [-0.2, -0.15) is 8.62 Å². The molecule has 4 rings (SSSR count). The quantitative estimate of drug-likeness (QED) is 0.118. The molecule has 3 aromatic rings. The van der Waals surface area contributed by atoms with Gasteiger partial charge in [0, 0.05) is 6.42 Å². The van der Waals surface area contributed by atoms with E-state index in [9.17, 15) is 38.5 Å². The van der Waals surface area contributed by atoms with Crippen molar-refractivity contribution in [3.8, 4) is 5.75 Å². The third-order valence-electron chi connectivity index (χ3n) is 5.76. The number of aromatic nitrogens is 4. The van der Waals surface area contributed by atoms with Crippen LogP contribution in [0.3, 0.4) is 0 Å². The van der Waals surface area contributed by atoms with Crippen LogP contribution in [0.2, 0.25) is 0 Å². The van der Waals surface area contributed by atoms with E-state index in [1.54, 1.807) is 12.1 Å². The summed E-state index contributed by atoms with van der Waals surface area (Å²) in [6.07, 6.45) is -1.77. The number of aromatic hydroxyl groups is 1. The van der Waals surface area contributed by atoms with Crippen LogP contribution in [0.4, 0.5) is 5.82 Å². The molecule has 1 aliphatic heterocycles. The van der Waals surface area contributed by atoms with E-state index in [4.69, 9.17) is 20.3 Å². The van der Waals surface area contributed by atoms with Gasteiger partial charge in [-0.25, -0.2) is 28.6 Å². The first-order chi connectivity index (χ1) is 19.5. The molecular weight excluding hydrogens is 629 g/mol. The lowest BCUT2D eigenvalue weighted by atomic mass is 10.1. The summed E-state index contributed by atoms with van der Waals surface area (Å²) in [5.74, 6) is -0.519. The predicted octanol–water partition coefficient (Wildman–Crippen LogP) is -0.167. The van der Waals surface area contributed by atoms with Crippen molar-refractivity contribution < 1.29 is 66.2 Å². The molecule has 230 valence electrons. The molecule has 0 bridgehead atoms. The number of phenolic OH excluding ortho intramolecular Hbond substituents is 1. The fraction of sp³-hybridized carbons (Fsp3) is 0.368. The summed E-state index contributed by atoms with van der Waals surface area (Å²) in [4.78, 5) is 61.4. The van der Waals surface area contributed by atoms with E-state index in [0.717, 1.165) is 11.9 Å². The van der Waals surface area contributed by atoms with Crippen LogP contribution in [0, 0.1) is 0 Å². The van der Waals surface area contributed by atoms with Gasteiger partial charge in [-0.05, 0) is 24.1 Å². The minimum absolute atomic E-state index is 0.0227. The number of nitrogens with two attached hydrogens (primary N) is 1. The van der Waals surface area contributed by atoms with Crippen LogP contribution >= 0.6 is 23.5 Å². The molecule has 23 heteroatoms. The van der Waals surface area contributed by atoms with Crippen LogP contribution in [-0.2, 0) is 42.8 Å². The normalized spacial score (nSPS) is 23.8. The molecule has 2 aromatic heterocycles. The number of amides is 1. The molecule has 20 nitrogen and oxygen atoms in total. The van der Waals surface area contributed by atoms with E-state index >= 15 is 0 Å². The molecular formula is C19H25N6O14P3. The maximum Gasteiger partial charge on any atom is 0.490 e. The summed E-state index contributed by atoms with van der Waals surface area (Å²) >= 11 is 0. The first-order valence-corrected chi connectivity index (χ1v) is 16.2. The van der Waals surface area contributed by atoms with Crippen LogP contribution in [0.1, 0.15) is 18.2 Å². The second kappa shape index (κ2) is 12.4. The maximum atomic E-state index is 12.8. The van der Waals surface area contributed by atoms with Crippen LogP contribution in [0.5, 0.6) is 5.75 Å². The number of nitrogens with one attached hydrogen (secondary N) is 1. The Balaban J connectivity index is 1.51. The number of phenols is 1. The van der Waals surface area contributed by atoms with Crippen molar-refractivity contribution in [3.63, 3.8) is 0 Å². The molecule has 1 saturated heterocycles. The van der Waals surface area contributed by atoms with Gasteiger partial charge in [0.15, 0.2) is 17.7 Å². The highest BCUT2D eigenvalue weighted by molar-refractivity contribution is 7.66. The minimum Gasteiger partial charge on any atom is -0.508 e. The van der Waals surface area contributed by atoms with Gasteiger partial charge >= 0.3 is 23.5 Å². The van der Waals surface area contributed by atoms with Crippen LogP contribution in [0.25, 0.3) is 11.2 Å². The van der Waals surface area contributed by atoms with Crippen LogP contribution in [0.15, 0.2) is 36.9 Å². The summed E-state index contributed by atoms with van der Waals surface area (Å²) in [6, 6.07) is 4.78. The van der Waals surface area contributed by atoms with Gasteiger partial charge in [0.1, 0.15) is 29.8 Å². The van der Waals surface area contributed by atoms with Gasteiger partial charge < -0.3 is 45.6 Å². The first-order valence-electron chi connectivity index (χ1n) is 11.7. The number of aryl methyl sites for hydroxylation is 1. The molecule has 9 N–H and O–H groups in total. The number of nitrogen functional groups attached to an aromatic ring is 1. The molecule has 1 aliphatic rings. The number of fused-ring (bicyclic) bond motifs is 1. The third kappa shape index (κ3) is 8.17. The number of nitrogens with zero attached hydrogens (tertiary/aromatic N) is 4. The largest absolute Gasteiger partial charge is 0.508 e. The molecule has 1 amide bonds. The number of anilines is 1. The zero-order valence-corrected chi connectivity index (χ0v) is 23.7. The lowest BCUT2D eigenvalue weighted by molar-refractivity contribution is -0.122. The molecule has 1 aromatic carbocycles. The number of carbonyl (C=O) groups is 1. The van der Waals surface area contributed by atoms with Gasteiger partial charge in [0.05, 0.1) is 19.0 Å². The second-order valence-corrected chi connectivity index (χ2v) is 13.2. The SMILES string of the molecule is Nc1ncnc2c1ncn2[C@@H]1O[C@H](COP(=O)(O)OP(=O)(O)OP(=O)(O)O)C(NC(=O)CCc2ccc(O)cc2)C1O. The Labute approximate surface area is 235 Å². The Kier molecular flexibility index (Phi) is 9.49. The number of hydrogen-bond acceptors (Lipinski definition) is 14. The highest BCUT2D eigenvalue weighted by Crippen LogP contribution is 2.66. The van der Waals surface area contributed by atoms with Crippen LogP contribution < -0.4 is 11.1 Å². The van der Waals surface area contributed by atoms with E-state index in [2.05, 4.69) is 33.4 Å². The molecule has 0 radical (unpaired) electrons. The number of imidazole rings is 1. The minimum atomic E-state index is -5.79. The van der Waals surface area contributed by atoms with Crippen molar-refractivity contribution in [1.29, 1.82) is 0 Å². The Hall–Kier alpha value is -2.83. The molecule has 0 spiro atoms. The van der Waals surface area contributed by atoms with Crippen molar-refractivity contribution in [2.24, 2.45) is 0 Å². The zero-order chi connectivity index (χ0) is 30.9. The average molecular weight is 654 g/mol. The average Bonchev–Trinajstić information content (AvgIpc) is 3.42. The van der Waals surface area contributed by atoms with Crippen molar-refractivity contribution in [3.05, 3.63) is 42.5 Å². The fourth-order valence-corrected chi connectivity index (χ4v) is 7.03. The van der Waals surface area contributed by atoms with Crippen molar-refractivity contribution in [1.82, 2.24) is 24.8 Å². The van der Waals surface area contributed by atoms with Gasteiger partial charge in [0.2, 0.25) is 5.91 Å². The summed E-state index contributed by atoms with van der Waals surface area (Å²) in [7, 11) is -16.9. The number of phosphoric acid groups is 3. The lowest BCUT2D eigenvalue weighted by Crippen LogP contribution is -2.48. The second-order valence-electron chi connectivity index (χ2n) is 8.79. The number of ether oxygens (including phenoxy) is 1. The molecule has 6 atom stereocenters. The lowest BCUT2D eigenvalue weighted by Gasteiger charge is -2.23. The summed E-state index contributed by atoms with van der Waals surface area (Å²) in [5.41, 5.74) is 6.82. The van der Waals surface area contributed by atoms with Gasteiger partial charge in [-0.15, -0.1) is 0 Å². The first kappa shape index (κ1) is 32.1. The van der Waals surface area contributed by atoms with E-state index in [1.165, 1.54) is 23.0 Å². The molecule has 0 saturated carbocycles. The monoisotopic (exact) mass is 654 g/mol. The highest BCUT2D eigenvalue weighted by atomic mass is 31.3. The van der Waals surface area contributed by atoms with E-state index in [-0.39, 0.29) is 35.6 Å². The number of hydrogen-bond donors (Lipinski definition) is 8. The number of benzene rings is 1. The van der Waals surface area contributed by atoms with E-state index in [1.807, 2.05) is 0 Å². The fourth-order valence-electron chi connectivity index (χ4n) is 4.00. The number of phosphoric ester groups is 1. The number of aliphatic hydroxyl groups excluding tert-OH is 1. The van der Waals surface area contributed by atoms with Crippen LogP contribution in [-0.4, -0.2) is 80.1 Å². The summed E-state index contributed by atoms with van der Waals surface area (Å²) < 4.78 is 53.9. The maximum absolute atomic E-state index is 12.8. The number of aliphatic hydroxyl groups is 1. The molecule has 0 aliphatic carbocycles. The summed E-state index contributed by atoms with van der Waals surface area (Å²) in [6.45, 7) is -0.954. The Morgan fingerprint density at radius 2 is 1.74 bits per heavy atom. The van der Waals surface area contributed by atoms with Crippen molar-refractivity contribution in [2.45, 2.75) is 37.3 Å².